The molecule has 0 atom stereocenters. The van der Waals surface area contributed by atoms with Gasteiger partial charge in [-0.05, 0) is 27.1 Å². The van der Waals surface area contributed by atoms with Crippen LogP contribution in [-0.2, 0) is 10.8 Å². The molecular formula is C22H18BrNS. The van der Waals surface area contributed by atoms with Crippen molar-refractivity contribution in [3.05, 3.63) is 61.8 Å². The van der Waals surface area contributed by atoms with E-state index in [1.54, 1.807) is 0 Å². The average Bonchev–Trinajstić information content (AvgIpc) is 3.09. The average molecular weight is 408 g/mol. The van der Waals surface area contributed by atoms with E-state index in [0.29, 0.717) is 0 Å². The van der Waals surface area contributed by atoms with Gasteiger partial charge in [-0.2, -0.15) is 0 Å². The van der Waals surface area contributed by atoms with Gasteiger partial charge in [0.15, 0.2) is 0 Å². The minimum Gasteiger partial charge on any atom is -0.307 e. The van der Waals surface area contributed by atoms with Crippen LogP contribution in [0, 0.1) is 0 Å². The zero-order valence-electron chi connectivity index (χ0n) is 14.7. The number of fused-ring (bicyclic) bond motifs is 1. The third-order valence-electron chi connectivity index (χ3n) is 6.41. The molecule has 2 aromatic carbocycles. The lowest BCUT2D eigenvalue weighted by Crippen LogP contribution is -2.31. The standard InChI is InChI=1S/C22H18BrNS/c1-21(2)13-9-5-7-11-12-8-6-10-14-17(12)24(16(11)13)18-15(21)20(23)25-19(18)22(14,3)4/h5-10H,1-4H3. The summed E-state index contributed by atoms with van der Waals surface area (Å²) >= 11 is 5.85. The second-order valence-corrected chi connectivity index (χ2v) is 10.8. The van der Waals surface area contributed by atoms with E-state index in [1.165, 1.54) is 52.8 Å². The van der Waals surface area contributed by atoms with E-state index in [0.717, 1.165) is 0 Å². The maximum absolute atomic E-state index is 3.93. The molecule has 6 rings (SSSR count). The number of thiophene rings is 1. The first-order valence-corrected chi connectivity index (χ1v) is 10.4. The van der Waals surface area contributed by atoms with Crippen LogP contribution in [0.15, 0.2) is 40.2 Å². The SMILES string of the molecule is CC1(C)c2sc(Br)c3c2-n2c4c1cccc4c1cccc(c12)C3(C)C. The maximum Gasteiger partial charge on any atom is 0.0764 e. The Morgan fingerprint density at radius 1 is 0.840 bits per heavy atom. The van der Waals surface area contributed by atoms with Gasteiger partial charge < -0.3 is 4.57 Å². The fourth-order valence-corrected chi connectivity index (χ4v) is 7.64. The first kappa shape index (κ1) is 14.6. The Labute approximate surface area is 159 Å². The summed E-state index contributed by atoms with van der Waals surface area (Å²) in [4.78, 5) is 1.48. The topological polar surface area (TPSA) is 4.93 Å². The van der Waals surface area contributed by atoms with Crippen molar-refractivity contribution in [2.24, 2.45) is 0 Å². The zero-order chi connectivity index (χ0) is 17.3. The fourth-order valence-electron chi connectivity index (χ4n) is 5.18. The van der Waals surface area contributed by atoms with Crippen LogP contribution >= 0.6 is 27.3 Å². The van der Waals surface area contributed by atoms with Gasteiger partial charge in [0.1, 0.15) is 0 Å². The third-order valence-corrected chi connectivity index (χ3v) is 8.59. The van der Waals surface area contributed by atoms with Gasteiger partial charge in [0.25, 0.3) is 0 Å². The highest BCUT2D eigenvalue weighted by Crippen LogP contribution is 2.59. The second-order valence-electron chi connectivity index (χ2n) is 8.42. The molecule has 0 bridgehead atoms. The second kappa shape index (κ2) is 4.05. The van der Waals surface area contributed by atoms with Gasteiger partial charge in [-0.25, -0.2) is 0 Å². The number of halogens is 1. The molecule has 0 saturated heterocycles. The summed E-state index contributed by atoms with van der Waals surface area (Å²) in [5.74, 6) is 0. The van der Waals surface area contributed by atoms with Crippen molar-refractivity contribution in [2.45, 2.75) is 38.5 Å². The predicted octanol–water partition coefficient (Wildman–Crippen LogP) is 6.89. The molecule has 0 aliphatic carbocycles. The first-order valence-electron chi connectivity index (χ1n) is 8.76. The highest BCUT2D eigenvalue weighted by molar-refractivity contribution is 9.11. The Balaban J connectivity index is 2.06. The van der Waals surface area contributed by atoms with Crippen LogP contribution in [0.2, 0.25) is 0 Å². The lowest BCUT2D eigenvalue weighted by Gasteiger charge is -2.38. The monoisotopic (exact) mass is 407 g/mol. The van der Waals surface area contributed by atoms with Crippen LogP contribution in [-0.4, -0.2) is 4.57 Å². The molecule has 0 unspecified atom stereocenters. The van der Waals surface area contributed by atoms with Crippen molar-refractivity contribution in [1.29, 1.82) is 0 Å². The highest BCUT2D eigenvalue weighted by Gasteiger charge is 2.46. The molecule has 25 heavy (non-hydrogen) atoms. The van der Waals surface area contributed by atoms with Gasteiger partial charge >= 0.3 is 0 Å². The molecule has 0 spiro atoms. The van der Waals surface area contributed by atoms with Crippen molar-refractivity contribution in [3.8, 4) is 5.69 Å². The lowest BCUT2D eigenvalue weighted by molar-refractivity contribution is 0.606. The van der Waals surface area contributed by atoms with Gasteiger partial charge in [0.2, 0.25) is 0 Å². The van der Waals surface area contributed by atoms with E-state index in [1.807, 2.05) is 11.3 Å². The molecule has 2 aromatic heterocycles. The van der Waals surface area contributed by atoms with E-state index in [2.05, 4.69) is 84.6 Å². The van der Waals surface area contributed by atoms with Crippen molar-refractivity contribution < 1.29 is 0 Å². The largest absolute Gasteiger partial charge is 0.307 e. The van der Waals surface area contributed by atoms with Crippen LogP contribution in [0.5, 0.6) is 0 Å². The number of rotatable bonds is 0. The molecule has 4 aromatic rings. The fraction of sp³-hybridized carbons (Fsp3) is 0.273. The van der Waals surface area contributed by atoms with Crippen LogP contribution in [0.1, 0.15) is 49.3 Å². The van der Waals surface area contributed by atoms with Crippen LogP contribution in [0.3, 0.4) is 0 Å². The zero-order valence-corrected chi connectivity index (χ0v) is 17.1. The number of hydrogen-bond donors (Lipinski definition) is 0. The molecule has 2 aliphatic rings. The number of para-hydroxylation sites is 2. The Hall–Kier alpha value is -1.58. The van der Waals surface area contributed by atoms with E-state index in [-0.39, 0.29) is 10.8 Å². The first-order chi connectivity index (χ1) is 11.8. The third kappa shape index (κ3) is 1.38. The molecule has 0 saturated carbocycles. The Kier molecular flexibility index (Phi) is 2.36. The van der Waals surface area contributed by atoms with Crippen molar-refractivity contribution in [1.82, 2.24) is 4.57 Å². The number of nitrogens with zero attached hydrogens (tertiary/aromatic N) is 1. The summed E-state index contributed by atoms with van der Waals surface area (Å²) in [6.07, 6.45) is 0. The summed E-state index contributed by atoms with van der Waals surface area (Å²) in [6, 6.07) is 13.7. The quantitative estimate of drug-likeness (QED) is 0.299. The summed E-state index contributed by atoms with van der Waals surface area (Å²) < 4.78 is 3.85. The van der Waals surface area contributed by atoms with E-state index in [4.69, 9.17) is 0 Å². The molecule has 3 heteroatoms. The van der Waals surface area contributed by atoms with Gasteiger partial charge in [-0.15, -0.1) is 11.3 Å². The molecular weight excluding hydrogens is 390 g/mol. The number of aromatic nitrogens is 1. The molecule has 2 aliphatic heterocycles. The summed E-state index contributed by atoms with van der Waals surface area (Å²) in [7, 11) is 0. The number of hydrogen-bond acceptors (Lipinski definition) is 1. The predicted molar refractivity (Wildman–Crippen MR) is 111 cm³/mol. The highest BCUT2D eigenvalue weighted by atomic mass is 79.9. The van der Waals surface area contributed by atoms with E-state index in [9.17, 15) is 0 Å². The van der Waals surface area contributed by atoms with Crippen LogP contribution in [0.4, 0.5) is 0 Å². The molecule has 0 radical (unpaired) electrons. The van der Waals surface area contributed by atoms with Crippen molar-refractivity contribution in [2.75, 3.05) is 0 Å². The lowest BCUT2D eigenvalue weighted by atomic mass is 9.73. The minimum atomic E-state index is 0.000383. The summed E-state index contributed by atoms with van der Waals surface area (Å²) in [6.45, 7) is 9.51. The van der Waals surface area contributed by atoms with Crippen molar-refractivity contribution in [3.63, 3.8) is 0 Å². The maximum atomic E-state index is 3.93. The van der Waals surface area contributed by atoms with Gasteiger partial charge in [0, 0.05) is 32.0 Å². The Morgan fingerprint density at radius 3 is 2.00 bits per heavy atom. The normalized spacial score (nSPS) is 18.4. The summed E-state index contributed by atoms with van der Waals surface area (Å²) in [5, 5.41) is 2.78. The van der Waals surface area contributed by atoms with Crippen LogP contribution < -0.4 is 0 Å². The van der Waals surface area contributed by atoms with Crippen LogP contribution in [0.25, 0.3) is 27.5 Å². The Morgan fingerprint density at radius 2 is 1.40 bits per heavy atom. The molecule has 0 N–H and O–H groups in total. The molecule has 1 nitrogen and oxygen atoms in total. The molecule has 4 heterocycles. The van der Waals surface area contributed by atoms with Gasteiger partial charge in [-0.1, -0.05) is 64.1 Å². The van der Waals surface area contributed by atoms with Gasteiger partial charge in [-0.3, -0.25) is 0 Å². The molecule has 0 fully saturated rings. The molecule has 0 amide bonds. The number of benzene rings is 2. The van der Waals surface area contributed by atoms with Crippen molar-refractivity contribution >= 4 is 49.1 Å². The Bertz CT molecular complexity index is 1230. The minimum absolute atomic E-state index is 0.000383. The van der Waals surface area contributed by atoms with Gasteiger partial charge in [0.05, 0.1) is 20.5 Å². The molecule has 124 valence electrons. The summed E-state index contributed by atoms with van der Waals surface area (Å²) in [5.41, 5.74) is 8.61. The van der Waals surface area contributed by atoms with E-state index < -0.39 is 0 Å². The van der Waals surface area contributed by atoms with E-state index >= 15 is 0 Å². The smallest absolute Gasteiger partial charge is 0.0764 e.